The fourth-order valence-electron chi connectivity index (χ4n) is 3.62. The molecule has 0 atom stereocenters. The zero-order chi connectivity index (χ0) is 22.1. The molecule has 6 heteroatoms. The topological polar surface area (TPSA) is 59.8 Å². The van der Waals surface area contributed by atoms with Gasteiger partial charge in [-0.05, 0) is 47.5 Å². The van der Waals surface area contributed by atoms with Gasteiger partial charge in [-0.2, -0.15) is 0 Å². The molecular weight excluding hydrogens is 420 g/mol. The highest BCUT2D eigenvalue weighted by Crippen LogP contribution is 2.26. The maximum absolute atomic E-state index is 13.1. The van der Waals surface area contributed by atoms with Gasteiger partial charge < -0.3 is 5.32 Å². The molecule has 5 rings (SSSR count). The maximum Gasteiger partial charge on any atom is 0.295 e. The van der Waals surface area contributed by atoms with Crippen molar-refractivity contribution in [3.8, 4) is 17.1 Å². The van der Waals surface area contributed by atoms with Crippen LogP contribution in [-0.4, -0.2) is 20.7 Å². The Morgan fingerprint density at radius 1 is 0.875 bits per heavy atom. The van der Waals surface area contributed by atoms with Crippen molar-refractivity contribution in [2.24, 2.45) is 0 Å². The van der Waals surface area contributed by atoms with Crippen LogP contribution in [0, 0.1) is 6.92 Å². The van der Waals surface area contributed by atoms with Crippen molar-refractivity contribution in [2.75, 3.05) is 5.32 Å². The first-order valence-corrected chi connectivity index (χ1v) is 10.6. The summed E-state index contributed by atoms with van der Waals surface area (Å²) in [4.78, 5) is 17.6. The summed E-state index contributed by atoms with van der Waals surface area (Å²) in [5.41, 5.74) is 3.28. The van der Waals surface area contributed by atoms with Crippen LogP contribution in [0.2, 0.25) is 5.02 Å². The molecule has 0 saturated carbocycles. The number of benzene rings is 4. The van der Waals surface area contributed by atoms with Crippen LogP contribution in [0.5, 0.6) is 0 Å². The van der Waals surface area contributed by atoms with Crippen molar-refractivity contribution in [1.29, 1.82) is 0 Å². The fraction of sp³-hybridized carbons (Fsp3) is 0.0385. The molecule has 0 unspecified atom stereocenters. The van der Waals surface area contributed by atoms with Crippen LogP contribution >= 0.6 is 11.6 Å². The normalized spacial score (nSPS) is 10.9. The molecule has 0 spiro atoms. The number of anilines is 1. The molecule has 156 valence electrons. The predicted octanol–water partition coefficient (Wildman–Crippen LogP) is 6.30. The largest absolute Gasteiger partial charge is 0.319 e. The van der Waals surface area contributed by atoms with E-state index in [2.05, 4.69) is 15.4 Å². The molecule has 0 aliphatic rings. The Morgan fingerprint density at radius 2 is 1.62 bits per heavy atom. The third-order valence-electron chi connectivity index (χ3n) is 5.25. The van der Waals surface area contributed by atoms with Gasteiger partial charge in [0, 0.05) is 16.3 Å². The SMILES string of the molecule is Cc1ccc(Cl)cc1-n1nc(C(=O)Nc2ccc3ccccc3c2)nc1-c1ccccc1. The second-order valence-corrected chi connectivity index (χ2v) is 7.92. The number of fused-ring (bicyclic) bond motifs is 1. The number of halogens is 1. The third-order valence-corrected chi connectivity index (χ3v) is 5.48. The number of rotatable bonds is 4. The maximum atomic E-state index is 13.1. The highest BCUT2D eigenvalue weighted by Gasteiger charge is 2.20. The molecule has 0 aliphatic heterocycles. The monoisotopic (exact) mass is 438 g/mol. The number of nitrogens with one attached hydrogen (secondary N) is 1. The highest BCUT2D eigenvalue weighted by molar-refractivity contribution is 6.30. The summed E-state index contributed by atoms with van der Waals surface area (Å²) < 4.78 is 1.67. The minimum atomic E-state index is -0.379. The van der Waals surface area contributed by atoms with Gasteiger partial charge in [-0.1, -0.05) is 78.3 Å². The van der Waals surface area contributed by atoms with E-state index < -0.39 is 0 Å². The summed E-state index contributed by atoms with van der Waals surface area (Å²) >= 11 is 6.25. The molecule has 0 saturated heterocycles. The number of amides is 1. The summed E-state index contributed by atoms with van der Waals surface area (Å²) in [6, 6.07) is 29.0. The molecular formula is C26H19ClN4O. The van der Waals surface area contributed by atoms with Gasteiger partial charge in [0.25, 0.3) is 5.91 Å². The Morgan fingerprint density at radius 3 is 2.44 bits per heavy atom. The zero-order valence-electron chi connectivity index (χ0n) is 17.3. The van der Waals surface area contributed by atoms with Gasteiger partial charge in [-0.15, -0.1) is 5.10 Å². The van der Waals surface area contributed by atoms with Crippen LogP contribution < -0.4 is 5.32 Å². The van der Waals surface area contributed by atoms with Crippen LogP contribution in [0.1, 0.15) is 16.2 Å². The average molecular weight is 439 g/mol. The van der Waals surface area contributed by atoms with Crippen molar-refractivity contribution in [3.05, 3.63) is 107 Å². The molecule has 1 heterocycles. The zero-order valence-corrected chi connectivity index (χ0v) is 18.0. The second-order valence-electron chi connectivity index (χ2n) is 7.48. The first kappa shape index (κ1) is 20.0. The lowest BCUT2D eigenvalue weighted by Crippen LogP contribution is -2.14. The number of hydrogen-bond donors (Lipinski definition) is 1. The summed E-state index contributed by atoms with van der Waals surface area (Å²) in [5, 5.41) is 10.2. The quantitative estimate of drug-likeness (QED) is 0.358. The Bertz CT molecular complexity index is 1440. The smallest absolute Gasteiger partial charge is 0.295 e. The number of carbonyl (C=O) groups is 1. The van der Waals surface area contributed by atoms with E-state index in [1.165, 1.54) is 0 Å². The number of aromatic nitrogens is 3. The van der Waals surface area contributed by atoms with Crippen LogP contribution in [-0.2, 0) is 0 Å². The molecule has 4 aromatic carbocycles. The second kappa shape index (κ2) is 8.29. The van der Waals surface area contributed by atoms with Gasteiger partial charge in [0.05, 0.1) is 5.69 Å². The van der Waals surface area contributed by atoms with Crippen molar-refractivity contribution in [1.82, 2.24) is 14.8 Å². The van der Waals surface area contributed by atoms with Crippen LogP contribution in [0.15, 0.2) is 91.0 Å². The number of carbonyl (C=O) groups excluding carboxylic acids is 1. The molecule has 1 amide bonds. The highest BCUT2D eigenvalue weighted by atomic mass is 35.5. The summed E-state index contributed by atoms with van der Waals surface area (Å²) in [7, 11) is 0. The van der Waals surface area contributed by atoms with Gasteiger partial charge in [0.15, 0.2) is 5.82 Å². The summed E-state index contributed by atoms with van der Waals surface area (Å²) in [6.07, 6.45) is 0. The average Bonchev–Trinajstić information content (AvgIpc) is 3.27. The van der Waals surface area contributed by atoms with Crippen molar-refractivity contribution in [2.45, 2.75) is 6.92 Å². The van der Waals surface area contributed by atoms with Crippen LogP contribution in [0.3, 0.4) is 0 Å². The van der Waals surface area contributed by atoms with Crippen LogP contribution in [0.4, 0.5) is 5.69 Å². The van der Waals surface area contributed by atoms with Gasteiger partial charge in [-0.3, -0.25) is 4.79 Å². The summed E-state index contributed by atoms with van der Waals surface area (Å²) in [6.45, 7) is 1.97. The predicted molar refractivity (Wildman–Crippen MR) is 128 cm³/mol. The minimum absolute atomic E-state index is 0.0800. The Kier molecular flexibility index (Phi) is 5.17. The number of nitrogens with zero attached hydrogens (tertiary/aromatic N) is 3. The molecule has 1 aromatic heterocycles. The lowest BCUT2D eigenvalue weighted by Gasteiger charge is -2.09. The van der Waals surface area contributed by atoms with E-state index in [-0.39, 0.29) is 11.7 Å². The Balaban J connectivity index is 1.55. The number of hydrogen-bond acceptors (Lipinski definition) is 3. The molecule has 1 N–H and O–H groups in total. The molecule has 0 bridgehead atoms. The van der Waals surface area contributed by atoms with E-state index in [1.54, 1.807) is 4.68 Å². The van der Waals surface area contributed by atoms with E-state index >= 15 is 0 Å². The lowest BCUT2D eigenvalue weighted by atomic mass is 10.1. The van der Waals surface area contributed by atoms with E-state index in [1.807, 2.05) is 97.9 Å². The first-order chi connectivity index (χ1) is 15.6. The number of aryl methyl sites for hydroxylation is 1. The van der Waals surface area contributed by atoms with E-state index in [9.17, 15) is 4.79 Å². The molecule has 5 nitrogen and oxygen atoms in total. The van der Waals surface area contributed by atoms with Crippen molar-refractivity contribution < 1.29 is 4.79 Å². The minimum Gasteiger partial charge on any atom is -0.319 e. The van der Waals surface area contributed by atoms with Gasteiger partial charge >= 0.3 is 0 Å². The van der Waals surface area contributed by atoms with Crippen LogP contribution in [0.25, 0.3) is 27.8 Å². The van der Waals surface area contributed by atoms with Gasteiger partial charge in [0.2, 0.25) is 5.82 Å². The molecule has 0 radical (unpaired) electrons. The first-order valence-electron chi connectivity index (χ1n) is 10.2. The third kappa shape index (κ3) is 3.86. The molecule has 32 heavy (non-hydrogen) atoms. The van der Waals surface area contributed by atoms with E-state index in [4.69, 9.17) is 11.6 Å². The molecule has 0 aliphatic carbocycles. The van der Waals surface area contributed by atoms with Crippen molar-refractivity contribution in [3.63, 3.8) is 0 Å². The lowest BCUT2D eigenvalue weighted by molar-refractivity contribution is 0.101. The standard InChI is InChI=1S/C26H19ClN4O/c1-17-11-13-21(27)16-23(17)31-25(19-8-3-2-4-9-19)29-24(30-31)26(32)28-22-14-12-18-7-5-6-10-20(18)15-22/h2-16H,1H3,(H,28,32). The fourth-order valence-corrected chi connectivity index (χ4v) is 3.78. The summed E-state index contributed by atoms with van der Waals surface area (Å²) in [5.74, 6) is 0.270. The van der Waals surface area contributed by atoms with Gasteiger partial charge in [0.1, 0.15) is 0 Å². The van der Waals surface area contributed by atoms with E-state index in [0.29, 0.717) is 16.5 Å². The Labute approximate surface area is 190 Å². The molecule has 5 aromatic rings. The van der Waals surface area contributed by atoms with Gasteiger partial charge in [-0.25, -0.2) is 9.67 Å². The molecule has 0 fully saturated rings. The van der Waals surface area contributed by atoms with E-state index in [0.717, 1.165) is 27.6 Å². The Hall–Kier alpha value is -3.96. The van der Waals surface area contributed by atoms with Crippen molar-refractivity contribution >= 4 is 34.0 Å².